The molecule has 0 atom stereocenters. The molecule has 0 unspecified atom stereocenters. The van der Waals surface area contributed by atoms with E-state index in [0.29, 0.717) is 12.8 Å². The molecule has 3 aromatic carbocycles. The maximum atomic E-state index is 12.8. The molecule has 0 saturated heterocycles. The first-order chi connectivity index (χ1) is 15.6. The van der Waals surface area contributed by atoms with Crippen molar-refractivity contribution >= 4 is 11.7 Å². The third kappa shape index (κ3) is 4.42. The molecule has 0 aromatic heterocycles. The van der Waals surface area contributed by atoms with Gasteiger partial charge < -0.3 is 29.6 Å². The molecule has 0 bridgehead atoms. The van der Waals surface area contributed by atoms with Gasteiger partial charge in [-0.15, -0.1) is 0 Å². The van der Waals surface area contributed by atoms with Gasteiger partial charge in [0.2, 0.25) is 13.6 Å². The van der Waals surface area contributed by atoms with E-state index >= 15 is 0 Å². The number of para-hydroxylation sites is 1. The van der Waals surface area contributed by atoms with Crippen molar-refractivity contribution < 1.29 is 23.7 Å². The Bertz CT molecular complexity index is 1090. The second-order valence-electron chi connectivity index (χ2n) is 7.89. The summed E-state index contributed by atoms with van der Waals surface area (Å²) in [5, 5.41) is 6.09. The Hall–Kier alpha value is -3.87. The fourth-order valence-electron chi connectivity index (χ4n) is 3.94. The molecule has 32 heavy (non-hydrogen) atoms. The first-order valence-electron chi connectivity index (χ1n) is 10.5. The second-order valence-corrected chi connectivity index (χ2v) is 7.89. The summed E-state index contributed by atoms with van der Waals surface area (Å²) in [6.45, 7) is 2.43. The highest BCUT2D eigenvalue weighted by Crippen LogP contribution is 2.34. The third-order valence-corrected chi connectivity index (χ3v) is 5.57. The SMILES string of the molecule is Cc1ccccc1NC(=O)NC(Cc1ccc2c(c1)OCO2)Cc1ccc2c(c1)OCO2. The number of ether oxygens (including phenoxy) is 4. The van der Waals surface area contributed by atoms with Crippen LogP contribution in [0.4, 0.5) is 10.5 Å². The predicted octanol–water partition coefficient (Wildman–Crippen LogP) is 4.43. The zero-order valence-electron chi connectivity index (χ0n) is 17.7. The minimum atomic E-state index is -0.245. The monoisotopic (exact) mass is 432 g/mol. The highest BCUT2D eigenvalue weighted by molar-refractivity contribution is 5.90. The van der Waals surface area contributed by atoms with Crippen LogP contribution in [0.25, 0.3) is 0 Å². The van der Waals surface area contributed by atoms with Gasteiger partial charge in [-0.25, -0.2) is 4.79 Å². The summed E-state index contributed by atoms with van der Waals surface area (Å²) in [5.41, 5.74) is 3.90. The summed E-state index contributed by atoms with van der Waals surface area (Å²) in [6.07, 6.45) is 1.26. The predicted molar refractivity (Wildman–Crippen MR) is 120 cm³/mol. The number of nitrogens with one attached hydrogen (secondary N) is 2. The standard InChI is InChI=1S/C25H24N2O5/c1-16-4-2-3-5-20(16)27-25(28)26-19(10-17-6-8-21-23(12-17)31-14-29-21)11-18-7-9-22-24(13-18)32-15-30-22/h2-9,12-13,19H,10-11,14-15H2,1H3,(H2,26,27,28). The van der Waals surface area contributed by atoms with E-state index in [0.717, 1.165) is 45.4 Å². The fourth-order valence-corrected chi connectivity index (χ4v) is 3.94. The van der Waals surface area contributed by atoms with Gasteiger partial charge >= 0.3 is 6.03 Å². The highest BCUT2D eigenvalue weighted by Gasteiger charge is 2.20. The summed E-state index contributed by atoms with van der Waals surface area (Å²) in [4.78, 5) is 12.8. The number of anilines is 1. The summed E-state index contributed by atoms with van der Waals surface area (Å²) < 4.78 is 21.8. The van der Waals surface area contributed by atoms with E-state index in [1.165, 1.54) is 0 Å². The Morgan fingerprint density at radius 1 is 0.812 bits per heavy atom. The summed E-state index contributed by atoms with van der Waals surface area (Å²) in [5.74, 6) is 2.94. The van der Waals surface area contributed by atoms with E-state index in [2.05, 4.69) is 10.6 Å². The van der Waals surface area contributed by atoms with Gasteiger partial charge in [0.05, 0.1) is 0 Å². The van der Waals surface area contributed by atoms with Gasteiger partial charge in [-0.1, -0.05) is 30.3 Å². The van der Waals surface area contributed by atoms with E-state index in [-0.39, 0.29) is 25.7 Å². The van der Waals surface area contributed by atoms with Crippen LogP contribution in [0.5, 0.6) is 23.0 Å². The van der Waals surface area contributed by atoms with Crippen molar-refractivity contribution in [1.29, 1.82) is 0 Å². The van der Waals surface area contributed by atoms with E-state index in [9.17, 15) is 4.79 Å². The number of carbonyl (C=O) groups is 1. The third-order valence-electron chi connectivity index (χ3n) is 5.57. The number of rotatable bonds is 6. The second kappa shape index (κ2) is 8.70. The van der Waals surface area contributed by atoms with E-state index < -0.39 is 0 Å². The molecule has 7 nitrogen and oxygen atoms in total. The van der Waals surface area contributed by atoms with Gasteiger partial charge in [0.15, 0.2) is 23.0 Å². The van der Waals surface area contributed by atoms with E-state index in [4.69, 9.17) is 18.9 Å². The number of hydrogen-bond donors (Lipinski definition) is 2. The minimum absolute atomic E-state index is 0.153. The topological polar surface area (TPSA) is 78.1 Å². The van der Waals surface area contributed by atoms with Crippen LogP contribution in [0.2, 0.25) is 0 Å². The largest absolute Gasteiger partial charge is 0.454 e. The lowest BCUT2D eigenvalue weighted by molar-refractivity contribution is 0.173. The van der Waals surface area contributed by atoms with Crippen LogP contribution in [0.1, 0.15) is 16.7 Å². The molecule has 0 radical (unpaired) electrons. The van der Waals surface area contributed by atoms with Gasteiger partial charge in [-0.2, -0.15) is 0 Å². The fraction of sp³-hybridized carbons (Fsp3) is 0.240. The van der Waals surface area contributed by atoms with Crippen molar-refractivity contribution in [3.63, 3.8) is 0 Å². The van der Waals surface area contributed by atoms with Crippen molar-refractivity contribution in [1.82, 2.24) is 5.32 Å². The zero-order chi connectivity index (χ0) is 21.9. The number of benzene rings is 3. The Labute approximate surface area is 186 Å². The lowest BCUT2D eigenvalue weighted by atomic mass is 9.98. The smallest absolute Gasteiger partial charge is 0.319 e. The van der Waals surface area contributed by atoms with Crippen molar-refractivity contribution in [3.05, 3.63) is 77.4 Å². The quantitative estimate of drug-likeness (QED) is 0.603. The molecule has 164 valence electrons. The lowest BCUT2D eigenvalue weighted by Gasteiger charge is -2.20. The Morgan fingerprint density at radius 3 is 1.97 bits per heavy atom. The number of urea groups is 1. The molecular weight excluding hydrogens is 408 g/mol. The van der Waals surface area contributed by atoms with Crippen LogP contribution >= 0.6 is 0 Å². The van der Waals surface area contributed by atoms with E-state index in [1.54, 1.807) is 0 Å². The van der Waals surface area contributed by atoms with Crippen molar-refractivity contribution in [2.24, 2.45) is 0 Å². The number of fused-ring (bicyclic) bond motifs is 2. The van der Waals surface area contributed by atoms with Gasteiger partial charge in [-0.3, -0.25) is 0 Å². The van der Waals surface area contributed by atoms with Gasteiger partial charge in [0, 0.05) is 11.7 Å². The molecule has 2 aliphatic heterocycles. The number of hydrogen-bond acceptors (Lipinski definition) is 5. The molecule has 2 aliphatic rings. The van der Waals surface area contributed by atoms with E-state index in [1.807, 2.05) is 67.6 Å². The first-order valence-corrected chi connectivity index (χ1v) is 10.5. The summed E-state index contributed by atoms with van der Waals surface area (Å²) in [7, 11) is 0. The molecule has 0 aliphatic carbocycles. The molecule has 2 N–H and O–H groups in total. The maximum absolute atomic E-state index is 12.8. The molecule has 2 amide bonds. The molecule has 7 heteroatoms. The molecule has 5 rings (SSSR count). The number of aryl methyl sites for hydroxylation is 1. The zero-order valence-corrected chi connectivity index (χ0v) is 17.7. The first kappa shape index (κ1) is 20.1. The molecule has 0 saturated carbocycles. The van der Waals surface area contributed by atoms with Gasteiger partial charge in [0.1, 0.15) is 0 Å². The van der Waals surface area contributed by atoms with Crippen LogP contribution in [0, 0.1) is 6.92 Å². The number of amides is 2. The Balaban J connectivity index is 1.34. The average Bonchev–Trinajstić information content (AvgIpc) is 3.43. The normalized spacial score (nSPS) is 13.3. The summed E-state index contributed by atoms with van der Waals surface area (Å²) >= 11 is 0. The molecule has 0 spiro atoms. The van der Waals surface area contributed by atoms with Crippen molar-refractivity contribution in [2.45, 2.75) is 25.8 Å². The summed E-state index contributed by atoms with van der Waals surface area (Å²) in [6, 6.07) is 19.1. The maximum Gasteiger partial charge on any atom is 0.319 e. The lowest BCUT2D eigenvalue weighted by Crippen LogP contribution is -2.40. The van der Waals surface area contributed by atoms with Crippen molar-refractivity contribution in [2.75, 3.05) is 18.9 Å². The molecule has 0 fully saturated rings. The molecule has 2 heterocycles. The highest BCUT2D eigenvalue weighted by atomic mass is 16.7. The Morgan fingerprint density at radius 2 is 1.38 bits per heavy atom. The van der Waals surface area contributed by atoms with Crippen LogP contribution < -0.4 is 29.6 Å². The van der Waals surface area contributed by atoms with Gasteiger partial charge in [-0.05, 0) is 66.8 Å². The molecular formula is C25H24N2O5. The minimum Gasteiger partial charge on any atom is -0.454 e. The average molecular weight is 432 g/mol. The van der Waals surface area contributed by atoms with Crippen molar-refractivity contribution in [3.8, 4) is 23.0 Å². The van der Waals surface area contributed by atoms with Crippen LogP contribution in [-0.4, -0.2) is 25.7 Å². The van der Waals surface area contributed by atoms with Crippen LogP contribution in [0.3, 0.4) is 0 Å². The van der Waals surface area contributed by atoms with Crippen LogP contribution in [0.15, 0.2) is 60.7 Å². The van der Waals surface area contributed by atoms with Crippen LogP contribution in [-0.2, 0) is 12.8 Å². The Kier molecular flexibility index (Phi) is 5.46. The number of carbonyl (C=O) groups excluding carboxylic acids is 1. The van der Waals surface area contributed by atoms with Gasteiger partial charge in [0.25, 0.3) is 0 Å². The molecule has 3 aromatic rings.